The predicted molar refractivity (Wildman–Crippen MR) is 132 cm³/mol. The molecule has 0 atom stereocenters. The molecule has 3 rings (SSSR count). The summed E-state index contributed by atoms with van der Waals surface area (Å²) in [5, 5.41) is 9.19. The molecule has 3 amide bonds. The van der Waals surface area contributed by atoms with Gasteiger partial charge in [-0.15, -0.1) is 0 Å². The van der Waals surface area contributed by atoms with Crippen LogP contribution in [0.25, 0.3) is 0 Å². The zero-order valence-electron chi connectivity index (χ0n) is 19.2. The first kappa shape index (κ1) is 24.2. The maximum absolute atomic E-state index is 12.3. The largest absolute Gasteiger partial charge is 0.483 e. The SMILES string of the molecule is Cc1ccc(NC(=O)COc2ccccc2/C=N\NC(=O)C(=O)Nc2ccccc2C)c(C)c1. The van der Waals surface area contributed by atoms with E-state index >= 15 is 0 Å². The lowest BCUT2D eigenvalue weighted by molar-refractivity contribution is -0.136. The molecule has 0 heterocycles. The molecule has 3 aromatic rings. The summed E-state index contributed by atoms with van der Waals surface area (Å²) in [6.07, 6.45) is 1.34. The van der Waals surface area contributed by atoms with Crippen LogP contribution < -0.4 is 20.8 Å². The summed E-state index contributed by atoms with van der Waals surface area (Å²) < 4.78 is 5.64. The zero-order valence-corrected chi connectivity index (χ0v) is 19.2. The number of rotatable bonds is 7. The van der Waals surface area contributed by atoms with Crippen LogP contribution in [0.5, 0.6) is 5.75 Å². The molecule has 0 aliphatic rings. The van der Waals surface area contributed by atoms with Crippen molar-refractivity contribution in [2.24, 2.45) is 5.10 Å². The van der Waals surface area contributed by atoms with Crippen LogP contribution in [-0.2, 0) is 14.4 Å². The van der Waals surface area contributed by atoms with Crippen molar-refractivity contribution in [2.45, 2.75) is 20.8 Å². The van der Waals surface area contributed by atoms with Gasteiger partial charge in [-0.3, -0.25) is 14.4 Å². The van der Waals surface area contributed by atoms with Gasteiger partial charge in [0.1, 0.15) is 5.75 Å². The summed E-state index contributed by atoms with van der Waals surface area (Å²) in [7, 11) is 0. The maximum atomic E-state index is 12.3. The second-order valence-electron chi connectivity index (χ2n) is 7.66. The van der Waals surface area contributed by atoms with Gasteiger partial charge in [-0.2, -0.15) is 5.10 Å². The summed E-state index contributed by atoms with van der Waals surface area (Å²) in [5.74, 6) is -1.65. The second kappa shape index (κ2) is 11.4. The van der Waals surface area contributed by atoms with Gasteiger partial charge in [0.15, 0.2) is 6.61 Å². The molecule has 0 aliphatic carbocycles. The Bertz CT molecular complexity index is 1240. The van der Waals surface area contributed by atoms with Crippen molar-refractivity contribution in [3.05, 3.63) is 89.0 Å². The Kier molecular flexibility index (Phi) is 8.12. The first-order chi connectivity index (χ1) is 16.3. The first-order valence-electron chi connectivity index (χ1n) is 10.6. The Morgan fingerprint density at radius 2 is 1.53 bits per heavy atom. The molecule has 0 spiro atoms. The van der Waals surface area contributed by atoms with Crippen LogP contribution in [0.4, 0.5) is 11.4 Å². The Labute approximate surface area is 198 Å². The summed E-state index contributed by atoms with van der Waals surface area (Å²) in [4.78, 5) is 36.4. The fraction of sp³-hybridized carbons (Fsp3) is 0.154. The number of carbonyl (C=O) groups excluding carboxylic acids is 3. The van der Waals surface area contributed by atoms with E-state index in [1.165, 1.54) is 6.21 Å². The summed E-state index contributed by atoms with van der Waals surface area (Å²) >= 11 is 0. The minimum absolute atomic E-state index is 0.205. The predicted octanol–water partition coefficient (Wildman–Crippen LogP) is 3.72. The molecule has 8 heteroatoms. The average molecular weight is 459 g/mol. The van der Waals surface area contributed by atoms with Crippen LogP contribution in [0.3, 0.4) is 0 Å². The molecular weight excluding hydrogens is 432 g/mol. The second-order valence-corrected chi connectivity index (χ2v) is 7.66. The highest BCUT2D eigenvalue weighted by atomic mass is 16.5. The highest BCUT2D eigenvalue weighted by molar-refractivity contribution is 6.39. The first-order valence-corrected chi connectivity index (χ1v) is 10.6. The van der Waals surface area contributed by atoms with Gasteiger partial charge < -0.3 is 15.4 Å². The number of carbonyl (C=O) groups is 3. The third-order valence-electron chi connectivity index (χ3n) is 4.90. The minimum Gasteiger partial charge on any atom is -0.483 e. The highest BCUT2D eigenvalue weighted by Gasteiger charge is 2.14. The molecule has 0 aromatic heterocycles. The molecule has 0 aliphatic heterocycles. The van der Waals surface area contributed by atoms with Crippen molar-refractivity contribution in [1.29, 1.82) is 0 Å². The van der Waals surface area contributed by atoms with E-state index in [4.69, 9.17) is 4.74 Å². The van der Waals surface area contributed by atoms with Crippen molar-refractivity contribution in [3.63, 3.8) is 0 Å². The number of hydrazone groups is 1. The van der Waals surface area contributed by atoms with Crippen LogP contribution in [0.15, 0.2) is 71.8 Å². The molecule has 0 fully saturated rings. The Morgan fingerprint density at radius 1 is 0.824 bits per heavy atom. The number of benzene rings is 3. The van der Waals surface area contributed by atoms with E-state index in [2.05, 4.69) is 21.2 Å². The van der Waals surface area contributed by atoms with Gasteiger partial charge in [0.2, 0.25) is 0 Å². The topological polar surface area (TPSA) is 109 Å². The third-order valence-corrected chi connectivity index (χ3v) is 4.90. The minimum atomic E-state index is -0.911. The molecule has 0 saturated heterocycles. The molecule has 3 N–H and O–H groups in total. The summed E-state index contributed by atoms with van der Waals surface area (Å²) in [6.45, 7) is 5.53. The Hall–Kier alpha value is -4.46. The molecular formula is C26H26N4O4. The monoisotopic (exact) mass is 458 g/mol. The van der Waals surface area contributed by atoms with E-state index in [9.17, 15) is 14.4 Å². The van der Waals surface area contributed by atoms with Gasteiger partial charge in [-0.05, 0) is 56.2 Å². The maximum Gasteiger partial charge on any atom is 0.329 e. The van der Waals surface area contributed by atoms with Crippen LogP contribution >= 0.6 is 0 Å². The fourth-order valence-electron chi connectivity index (χ4n) is 3.11. The standard InChI is InChI=1S/C26H26N4O4/c1-17-12-13-22(19(3)14-17)28-24(31)16-34-23-11-7-5-9-20(23)15-27-30-26(33)25(32)29-21-10-6-4-8-18(21)2/h4-15H,16H2,1-3H3,(H,28,31)(H,29,32)(H,30,33)/b27-15-. The number of hydrogen-bond donors (Lipinski definition) is 3. The lowest BCUT2D eigenvalue weighted by atomic mass is 10.1. The molecule has 34 heavy (non-hydrogen) atoms. The molecule has 0 radical (unpaired) electrons. The van der Waals surface area contributed by atoms with Crippen LogP contribution in [0.2, 0.25) is 0 Å². The van der Waals surface area contributed by atoms with Crippen LogP contribution in [0, 0.1) is 20.8 Å². The van der Waals surface area contributed by atoms with Crippen molar-refractivity contribution < 1.29 is 19.1 Å². The Morgan fingerprint density at radius 3 is 2.29 bits per heavy atom. The van der Waals surface area contributed by atoms with Gasteiger partial charge in [-0.25, -0.2) is 5.43 Å². The van der Waals surface area contributed by atoms with Gasteiger partial charge in [0.25, 0.3) is 5.91 Å². The fourth-order valence-corrected chi connectivity index (χ4v) is 3.11. The van der Waals surface area contributed by atoms with Gasteiger partial charge >= 0.3 is 11.8 Å². The molecule has 174 valence electrons. The van der Waals surface area contributed by atoms with E-state index in [0.717, 1.165) is 22.4 Å². The molecule has 0 unspecified atom stereocenters. The lowest BCUT2D eigenvalue weighted by Gasteiger charge is -2.11. The number of nitrogens with one attached hydrogen (secondary N) is 3. The Balaban J connectivity index is 1.55. The van der Waals surface area contributed by atoms with Crippen molar-refractivity contribution >= 4 is 35.3 Å². The van der Waals surface area contributed by atoms with Gasteiger partial charge in [0, 0.05) is 16.9 Å². The third kappa shape index (κ3) is 6.77. The average Bonchev–Trinajstić information content (AvgIpc) is 2.81. The van der Waals surface area contributed by atoms with Gasteiger partial charge in [-0.1, -0.05) is 48.0 Å². The zero-order chi connectivity index (χ0) is 24.5. The number of anilines is 2. The highest BCUT2D eigenvalue weighted by Crippen LogP contribution is 2.18. The van der Waals surface area contributed by atoms with E-state index in [-0.39, 0.29) is 12.5 Å². The number of nitrogens with zero attached hydrogens (tertiary/aromatic N) is 1. The number of amides is 3. The van der Waals surface area contributed by atoms with Crippen molar-refractivity contribution in [2.75, 3.05) is 17.2 Å². The summed E-state index contributed by atoms with van der Waals surface area (Å²) in [5.41, 5.74) is 6.89. The van der Waals surface area contributed by atoms with Crippen molar-refractivity contribution in [3.8, 4) is 5.75 Å². The number of para-hydroxylation sites is 2. The normalized spacial score (nSPS) is 10.6. The van der Waals surface area contributed by atoms with E-state index in [1.807, 2.05) is 51.1 Å². The van der Waals surface area contributed by atoms with E-state index in [0.29, 0.717) is 17.0 Å². The number of aryl methyl sites for hydroxylation is 3. The number of hydrogen-bond acceptors (Lipinski definition) is 5. The van der Waals surface area contributed by atoms with Gasteiger partial charge in [0.05, 0.1) is 6.21 Å². The molecule has 0 bridgehead atoms. The molecule has 8 nitrogen and oxygen atoms in total. The quantitative estimate of drug-likeness (QED) is 0.285. The number of ether oxygens (including phenoxy) is 1. The van der Waals surface area contributed by atoms with E-state index < -0.39 is 11.8 Å². The summed E-state index contributed by atoms with van der Waals surface area (Å²) in [6, 6.07) is 19.8. The molecule has 0 saturated carbocycles. The molecule has 3 aromatic carbocycles. The van der Waals surface area contributed by atoms with E-state index in [1.54, 1.807) is 36.4 Å². The van der Waals surface area contributed by atoms with Crippen LogP contribution in [-0.4, -0.2) is 30.5 Å². The van der Waals surface area contributed by atoms with Crippen LogP contribution in [0.1, 0.15) is 22.3 Å². The van der Waals surface area contributed by atoms with Crippen molar-refractivity contribution in [1.82, 2.24) is 5.43 Å². The smallest absolute Gasteiger partial charge is 0.329 e. The lowest BCUT2D eigenvalue weighted by Crippen LogP contribution is -2.32.